The Bertz CT molecular complexity index is 580. The Kier molecular flexibility index (Phi) is 4.39. The van der Waals surface area contributed by atoms with Crippen LogP contribution in [-0.2, 0) is 6.54 Å². The van der Waals surface area contributed by atoms with Gasteiger partial charge in [0.15, 0.2) is 0 Å². The molecule has 0 bridgehead atoms. The Balaban J connectivity index is 2.05. The highest BCUT2D eigenvalue weighted by molar-refractivity contribution is 9.10. The van der Waals surface area contributed by atoms with Crippen LogP contribution in [0.5, 0.6) is 0 Å². The highest BCUT2D eigenvalue weighted by atomic mass is 79.9. The van der Waals surface area contributed by atoms with Gasteiger partial charge < -0.3 is 14.8 Å². The first kappa shape index (κ1) is 13.8. The number of benzene rings is 1. The number of nitrogens with one attached hydrogen (secondary N) is 1. The molecule has 2 aromatic rings. The van der Waals surface area contributed by atoms with Crippen LogP contribution in [-0.4, -0.2) is 11.1 Å². The van der Waals surface area contributed by atoms with Gasteiger partial charge in [-0.25, -0.2) is 4.79 Å². The van der Waals surface area contributed by atoms with Crippen molar-refractivity contribution in [1.82, 2.24) is 5.32 Å². The van der Waals surface area contributed by atoms with Gasteiger partial charge in [-0.15, -0.1) is 0 Å². The van der Waals surface area contributed by atoms with Gasteiger partial charge in [0.1, 0.15) is 11.3 Å². The maximum atomic E-state index is 11.0. The van der Waals surface area contributed by atoms with E-state index in [2.05, 4.69) is 21.2 Å². The maximum Gasteiger partial charge on any atom is 0.339 e. The summed E-state index contributed by atoms with van der Waals surface area (Å²) in [5.74, 6) is -0.537. The molecular weight excluding hydrogens is 310 g/mol. The number of halogens is 1. The summed E-state index contributed by atoms with van der Waals surface area (Å²) in [6.45, 7) is 2.39. The van der Waals surface area contributed by atoms with Gasteiger partial charge >= 0.3 is 5.97 Å². The number of rotatable bonds is 5. The molecule has 1 aromatic heterocycles. The molecule has 0 unspecified atom stereocenters. The van der Waals surface area contributed by atoms with E-state index >= 15 is 0 Å². The van der Waals surface area contributed by atoms with Crippen molar-refractivity contribution in [2.75, 3.05) is 0 Å². The van der Waals surface area contributed by atoms with Crippen molar-refractivity contribution in [2.45, 2.75) is 19.5 Å². The Labute approximate surface area is 119 Å². The fourth-order valence-electron chi connectivity index (χ4n) is 1.85. The molecule has 0 saturated carbocycles. The molecule has 0 aliphatic rings. The van der Waals surface area contributed by atoms with Crippen molar-refractivity contribution in [1.29, 1.82) is 0 Å². The lowest BCUT2D eigenvalue weighted by Crippen LogP contribution is -2.19. The van der Waals surface area contributed by atoms with E-state index in [0.717, 1.165) is 10.0 Å². The highest BCUT2D eigenvalue weighted by Gasteiger charge is 2.15. The Morgan fingerprint density at radius 2 is 2.16 bits per heavy atom. The molecule has 19 heavy (non-hydrogen) atoms. The Hall–Kier alpha value is -1.59. The van der Waals surface area contributed by atoms with Crippen LogP contribution in [0.4, 0.5) is 0 Å². The van der Waals surface area contributed by atoms with Crippen molar-refractivity contribution >= 4 is 21.9 Å². The zero-order chi connectivity index (χ0) is 13.8. The summed E-state index contributed by atoms with van der Waals surface area (Å²) in [6.07, 6.45) is 1.39. The van der Waals surface area contributed by atoms with Gasteiger partial charge in [-0.1, -0.05) is 34.1 Å². The van der Waals surface area contributed by atoms with E-state index in [9.17, 15) is 4.79 Å². The zero-order valence-electron chi connectivity index (χ0n) is 10.4. The smallest absolute Gasteiger partial charge is 0.339 e. The molecule has 2 rings (SSSR count). The molecular formula is C14H14BrNO3. The molecule has 0 radical (unpaired) electrons. The largest absolute Gasteiger partial charge is 0.478 e. The zero-order valence-corrected chi connectivity index (χ0v) is 12.0. The average Bonchev–Trinajstić information content (AvgIpc) is 2.85. The monoisotopic (exact) mass is 323 g/mol. The third-order valence-corrected chi connectivity index (χ3v) is 3.64. The quantitative estimate of drug-likeness (QED) is 0.882. The topological polar surface area (TPSA) is 62.5 Å². The molecule has 0 saturated heterocycles. The summed E-state index contributed by atoms with van der Waals surface area (Å²) in [5.41, 5.74) is 1.32. The predicted molar refractivity (Wildman–Crippen MR) is 75.1 cm³/mol. The van der Waals surface area contributed by atoms with Crippen LogP contribution in [0.2, 0.25) is 0 Å². The molecule has 5 heteroatoms. The van der Waals surface area contributed by atoms with Crippen LogP contribution < -0.4 is 5.32 Å². The summed E-state index contributed by atoms with van der Waals surface area (Å²) < 4.78 is 6.21. The van der Waals surface area contributed by atoms with Gasteiger partial charge in [0.25, 0.3) is 0 Å². The van der Waals surface area contributed by atoms with Crippen LogP contribution in [0, 0.1) is 0 Å². The minimum Gasteiger partial charge on any atom is -0.478 e. The van der Waals surface area contributed by atoms with Crippen molar-refractivity contribution in [3.8, 4) is 0 Å². The van der Waals surface area contributed by atoms with Gasteiger partial charge in [0, 0.05) is 10.5 Å². The molecule has 2 N–H and O–H groups in total. The van der Waals surface area contributed by atoms with Crippen LogP contribution in [0.1, 0.15) is 34.6 Å². The van der Waals surface area contributed by atoms with Gasteiger partial charge in [-0.3, -0.25) is 0 Å². The third-order valence-electron chi connectivity index (χ3n) is 2.92. The van der Waals surface area contributed by atoms with Gasteiger partial charge in [-0.2, -0.15) is 0 Å². The molecule has 0 spiro atoms. The first-order chi connectivity index (χ1) is 9.09. The molecule has 0 fully saturated rings. The van der Waals surface area contributed by atoms with Crippen LogP contribution in [0.15, 0.2) is 45.5 Å². The SMILES string of the molecule is C[C@H](NCc1occc1C(=O)O)c1ccccc1Br. The average molecular weight is 324 g/mol. The predicted octanol–water partition coefficient (Wildman–Crippen LogP) is 3.59. The first-order valence-corrected chi connectivity index (χ1v) is 6.66. The van der Waals surface area contributed by atoms with Gasteiger partial charge in [0.2, 0.25) is 0 Å². The number of hydrogen-bond donors (Lipinski definition) is 2. The van der Waals surface area contributed by atoms with E-state index in [-0.39, 0.29) is 11.6 Å². The second kappa shape index (κ2) is 6.04. The summed E-state index contributed by atoms with van der Waals surface area (Å²) in [6, 6.07) is 9.46. The normalized spacial score (nSPS) is 12.3. The molecule has 1 aromatic carbocycles. The van der Waals surface area contributed by atoms with Crippen molar-refractivity contribution in [3.63, 3.8) is 0 Å². The highest BCUT2D eigenvalue weighted by Crippen LogP contribution is 2.23. The van der Waals surface area contributed by atoms with Crippen LogP contribution in [0.25, 0.3) is 0 Å². The Morgan fingerprint density at radius 3 is 2.84 bits per heavy atom. The fraction of sp³-hybridized carbons (Fsp3) is 0.214. The third kappa shape index (κ3) is 3.24. The standard InChI is InChI=1S/C14H14BrNO3/c1-9(10-4-2-3-5-12(10)15)16-8-13-11(14(17)18)6-7-19-13/h2-7,9,16H,8H2,1H3,(H,17,18)/t9-/m0/s1. The van der Waals surface area contributed by atoms with E-state index in [0.29, 0.717) is 12.3 Å². The summed E-state index contributed by atoms with van der Waals surface area (Å²) >= 11 is 3.50. The minimum atomic E-state index is -0.973. The van der Waals surface area contributed by atoms with Crippen molar-refractivity contribution < 1.29 is 14.3 Å². The number of hydrogen-bond acceptors (Lipinski definition) is 3. The van der Waals surface area contributed by atoms with Crippen molar-refractivity contribution in [2.24, 2.45) is 0 Å². The van der Waals surface area contributed by atoms with Gasteiger partial charge in [0.05, 0.1) is 12.8 Å². The molecule has 4 nitrogen and oxygen atoms in total. The molecule has 1 atom stereocenters. The second-order valence-electron chi connectivity index (χ2n) is 4.19. The number of aromatic carboxylic acids is 1. The van der Waals surface area contributed by atoms with Gasteiger partial charge in [-0.05, 0) is 24.6 Å². The van der Waals surface area contributed by atoms with E-state index < -0.39 is 5.97 Å². The van der Waals surface area contributed by atoms with E-state index in [1.54, 1.807) is 0 Å². The van der Waals surface area contributed by atoms with Crippen LogP contribution in [0.3, 0.4) is 0 Å². The second-order valence-corrected chi connectivity index (χ2v) is 5.04. The van der Waals surface area contributed by atoms with E-state index in [1.807, 2.05) is 31.2 Å². The van der Waals surface area contributed by atoms with Crippen LogP contribution >= 0.6 is 15.9 Å². The molecule has 0 amide bonds. The molecule has 1 heterocycles. The maximum absolute atomic E-state index is 11.0. The lowest BCUT2D eigenvalue weighted by atomic mass is 10.1. The number of carboxylic acid groups (broad SMARTS) is 1. The molecule has 100 valence electrons. The van der Waals surface area contributed by atoms with E-state index in [4.69, 9.17) is 9.52 Å². The first-order valence-electron chi connectivity index (χ1n) is 5.87. The summed E-state index contributed by atoms with van der Waals surface area (Å²) in [5, 5.41) is 12.2. The lowest BCUT2D eigenvalue weighted by molar-refractivity contribution is 0.0694. The summed E-state index contributed by atoms with van der Waals surface area (Å²) in [4.78, 5) is 11.0. The number of carboxylic acids is 1. The molecule has 0 aliphatic heterocycles. The summed E-state index contributed by atoms with van der Waals surface area (Å²) in [7, 11) is 0. The Morgan fingerprint density at radius 1 is 1.42 bits per heavy atom. The minimum absolute atomic E-state index is 0.0855. The fourth-order valence-corrected chi connectivity index (χ4v) is 2.48. The number of carbonyl (C=O) groups is 1. The van der Waals surface area contributed by atoms with Crippen molar-refractivity contribution in [3.05, 3.63) is 58.0 Å². The molecule has 0 aliphatic carbocycles. The lowest BCUT2D eigenvalue weighted by Gasteiger charge is -2.15. The van der Waals surface area contributed by atoms with E-state index in [1.165, 1.54) is 12.3 Å². The number of furan rings is 1.